The Labute approximate surface area is 141 Å². The summed E-state index contributed by atoms with van der Waals surface area (Å²) in [6, 6.07) is 8.23. The van der Waals surface area contributed by atoms with Crippen LogP contribution >= 0.6 is 11.6 Å². The maximum Gasteiger partial charge on any atom is 0.293 e. The first-order valence-corrected chi connectivity index (χ1v) is 7.79. The van der Waals surface area contributed by atoms with Gasteiger partial charge >= 0.3 is 0 Å². The first-order chi connectivity index (χ1) is 10.7. The van der Waals surface area contributed by atoms with Gasteiger partial charge in [-0.3, -0.25) is 4.79 Å². The van der Waals surface area contributed by atoms with Gasteiger partial charge in [-0.15, -0.1) is 0 Å². The Balaban J connectivity index is 2.22. The summed E-state index contributed by atoms with van der Waals surface area (Å²) in [5.74, 6) is 0.266. The molecule has 2 rings (SSSR count). The Hall–Kier alpha value is -2.07. The molecule has 0 amide bonds. The van der Waals surface area contributed by atoms with Crippen molar-refractivity contribution in [1.82, 2.24) is 9.78 Å². The summed E-state index contributed by atoms with van der Waals surface area (Å²) < 4.78 is 6.86. The zero-order chi connectivity index (χ0) is 17.2. The number of hydrogen-bond donors (Lipinski definition) is 0. The molecule has 23 heavy (non-hydrogen) atoms. The molecular weight excluding hydrogens is 312 g/mol. The van der Waals surface area contributed by atoms with E-state index in [1.54, 1.807) is 0 Å². The summed E-state index contributed by atoms with van der Waals surface area (Å²) in [6.45, 7) is 11.9. The van der Waals surface area contributed by atoms with E-state index in [2.05, 4.69) is 44.6 Å². The smallest absolute Gasteiger partial charge is 0.293 e. The highest BCUT2D eigenvalue weighted by molar-refractivity contribution is 6.31. The number of benzene rings is 1. The van der Waals surface area contributed by atoms with Gasteiger partial charge in [0.25, 0.3) is 5.56 Å². The third kappa shape index (κ3) is 3.82. The van der Waals surface area contributed by atoms with Gasteiger partial charge in [-0.2, -0.15) is 5.10 Å². The number of aromatic nitrogens is 2. The number of ether oxygens (including phenoxy) is 1. The van der Waals surface area contributed by atoms with Crippen LogP contribution in [0, 0.1) is 0 Å². The maximum absolute atomic E-state index is 11.9. The average Bonchev–Trinajstić information content (AvgIpc) is 2.51. The molecule has 0 aliphatic carbocycles. The molecule has 0 N–H and O–H groups in total. The lowest BCUT2D eigenvalue weighted by Crippen LogP contribution is -2.19. The zero-order valence-corrected chi connectivity index (χ0v) is 14.6. The molecule has 0 saturated heterocycles. The van der Waals surface area contributed by atoms with E-state index in [4.69, 9.17) is 16.3 Å². The minimum Gasteiger partial charge on any atom is -0.483 e. The standard InChI is InChI=1S/C18H21ClN2O2/c1-6-21-17(22)16(19)15(11-20-21)23-12(2)13-7-9-14(10-8-13)18(3,4)5/h6-12H,1H2,2-5H3. The van der Waals surface area contributed by atoms with Gasteiger partial charge in [0.2, 0.25) is 0 Å². The maximum atomic E-state index is 11.9. The summed E-state index contributed by atoms with van der Waals surface area (Å²) in [7, 11) is 0. The summed E-state index contributed by atoms with van der Waals surface area (Å²) in [4.78, 5) is 11.9. The molecule has 1 atom stereocenters. The van der Waals surface area contributed by atoms with E-state index in [1.165, 1.54) is 18.0 Å². The van der Waals surface area contributed by atoms with Crippen molar-refractivity contribution in [2.45, 2.75) is 39.2 Å². The van der Waals surface area contributed by atoms with Crippen LogP contribution in [-0.2, 0) is 5.41 Å². The lowest BCUT2D eigenvalue weighted by atomic mass is 9.86. The Kier molecular flexibility index (Phi) is 4.95. The molecule has 4 nitrogen and oxygen atoms in total. The number of nitrogens with zero attached hydrogens (tertiary/aromatic N) is 2. The van der Waals surface area contributed by atoms with Gasteiger partial charge in [0.15, 0.2) is 10.8 Å². The SMILES string of the molecule is C=Cn1ncc(OC(C)c2ccc(C(C)(C)C)cc2)c(Cl)c1=O. The minimum absolute atomic E-state index is 0.00179. The van der Waals surface area contributed by atoms with Gasteiger partial charge in [0, 0.05) is 6.20 Å². The van der Waals surface area contributed by atoms with Gasteiger partial charge in [-0.25, -0.2) is 4.68 Å². The molecule has 0 radical (unpaired) electrons. The molecule has 1 aromatic carbocycles. The van der Waals surface area contributed by atoms with E-state index in [9.17, 15) is 4.79 Å². The monoisotopic (exact) mass is 332 g/mol. The Morgan fingerprint density at radius 1 is 1.30 bits per heavy atom. The second kappa shape index (κ2) is 6.59. The normalized spacial score (nSPS) is 12.7. The van der Waals surface area contributed by atoms with Gasteiger partial charge in [-0.05, 0) is 23.5 Å². The summed E-state index contributed by atoms with van der Waals surface area (Å²) in [5.41, 5.74) is 1.91. The van der Waals surface area contributed by atoms with E-state index in [1.807, 2.05) is 19.1 Å². The predicted molar refractivity (Wildman–Crippen MR) is 94.1 cm³/mol. The molecule has 0 aliphatic rings. The highest BCUT2D eigenvalue weighted by atomic mass is 35.5. The highest BCUT2D eigenvalue weighted by Gasteiger charge is 2.16. The molecular formula is C18H21ClN2O2. The van der Waals surface area contributed by atoms with E-state index in [-0.39, 0.29) is 22.3 Å². The molecule has 0 spiro atoms. The van der Waals surface area contributed by atoms with Crippen LogP contribution in [0.2, 0.25) is 5.02 Å². The van der Waals surface area contributed by atoms with Crippen LogP contribution in [0.5, 0.6) is 5.75 Å². The number of hydrogen-bond acceptors (Lipinski definition) is 3. The van der Waals surface area contributed by atoms with Gasteiger partial charge in [-0.1, -0.05) is 63.2 Å². The first-order valence-electron chi connectivity index (χ1n) is 7.41. The van der Waals surface area contributed by atoms with Crippen LogP contribution in [0.25, 0.3) is 6.20 Å². The minimum atomic E-state index is -0.450. The van der Waals surface area contributed by atoms with Crippen molar-refractivity contribution in [1.29, 1.82) is 0 Å². The average molecular weight is 333 g/mol. The summed E-state index contributed by atoms with van der Waals surface area (Å²) >= 11 is 6.05. The quantitative estimate of drug-likeness (QED) is 0.831. The van der Waals surface area contributed by atoms with Gasteiger partial charge in [0.1, 0.15) is 6.10 Å². The largest absolute Gasteiger partial charge is 0.483 e. The van der Waals surface area contributed by atoms with Crippen LogP contribution in [0.3, 0.4) is 0 Å². The van der Waals surface area contributed by atoms with Crippen molar-refractivity contribution in [3.8, 4) is 5.75 Å². The predicted octanol–water partition coefficient (Wildman–Crippen LogP) is 4.43. The molecule has 0 saturated carbocycles. The van der Waals surface area contributed by atoms with Crippen molar-refractivity contribution < 1.29 is 4.74 Å². The fourth-order valence-corrected chi connectivity index (χ4v) is 2.33. The Morgan fingerprint density at radius 3 is 2.43 bits per heavy atom. The van der Waals surface area contributed by atoms with Crippen molar-refractivity contribution in [2.24, 2.45) is 0 Å². The molecule has 0 aliphatic heterocycles. The van der Waals surface area contributed by atoms with Crippen molar-refractivity contribution in [3.63, 3.8) is 0 Å². The summed E-state index contributed by atoms with van der Waals surface area (Å²) in [5, 5.41) is 3.93. The molecule has 0 bridgehead atoms. The van der Waals surface area contributed by atoms with Gasteiger partial charge < -0.3 is 4.74 Å². The lowest BCUT2D eigenvalue weighted by molar-refractivity contribution is 0.225. The van der Waals surface area contributed by atoms with Crippen LogP contribution in [0.1, 0.15) is 44.9 Å². The van der Waals surface area contributed by atoms with Crippen molar-refractivity contribution >= 4 is 17.8 Å². The second-order valence-corrected chi connectivity index (χ2v) is 6.77. The number of halogens is 1. The summed E-state index contributed by atoms with van der Waals surface area (Å²) in [6.07, 6.45) is 2.47. The van der Waals surface area contributed by atoms with E-state index in [0.29, 0.717) is 0 Å². The third-order valence-electron chi connectivity index (χ3n) is 3.63. The second-order valence-electron chi connectivity index (χ2n) is 6.39. The van der Waals surface area contributed by atoms with E-state index >= 15 is 0 Å². The molecule has 1 heterocycles. The van der Waals surface area contributed by atoms with Crippen molar-refractivity contribution in [2.75, 3.05) is 0 Å². The topological polar surface area (TPSA) is 44.1 Å². The Bertz CT molecular complexity index is 758. The van der Waals surface area contributed by atoms with Crippen LogP contribution < -0.4 is 10.3 Å². The first kappa shape index (κ1) is 17.3. The van der Waals surface area contributed by atoms with Crippen LogP contribution in [-0.4, -0.2) is 9.78 Å². The lowest BCUT2D eigenvalue weighted by Gasteiger charge is -2.21. The molecule has 1 unspecified atom stereocenters. The van der Waals surface area contributed by atoms with Gasteiger partial charge in [0.05, 0.1) is 6.20 Å². The fourth-order valence-electron chi connectivity index (χ4n) is 2.15. The molecule has 1 aromatic heterocycles. The van der Waals surface area contributed by atoms with Crippen LogP contribution in [0.15, 0.2) is 41.8 Å². The van der Waals surface area contributed by atoms with Crippen LogP contribution in [0.4, 0.5) is 0 Å². The van der Waals surface area contributed by atoms with E-state index in [0.717, 1.165) is 10.2 Å². The Morgan fingerprint density at radius 2 is 1.91 bits per heavy atom. The fraction of sp³-hybridized carbons (Fsp3) is 0.333. The molecule has 2 aromatic rings. The number of rotatable bonds is 4. The molecule has 5 heteroatoms. The highest BCUT2D eigenvalue weighted by Crippen LogP contribution is 2.28. The molecule has 122 valence electrons. The van der Waals surface area contributed by atoms with Crippen molar-refractivity contribution in [3.05, 3.63) is 63.5 Å². The zero-order valence-electron chi connectivity index (χ0n) is 13.8. The molecule has 0 fully saturated rings. The van der Waals surface area contributed by atoms with E-state index < -0.39 is 5.56 Å². The third-order valence-corrected chi connectivity index (χ3v) is 3.98.